The van der Waals surface area contributed by atoms with Gasteiger partial charge in [-0.1, -0.05) is 0 Å². The van der Waals surface area contributed by atoms with Crippen LogP contribution in [-0.4, -0.2) is 75.0 Å². The molecule has 1 aliphatic heterocycles. The van der Waals surface area contributed by atoms with Crippen LogP contribution in [-0.2, 0) is 14.2 Å². The monoisotopic (exact) mass is 341 g/mol. The first kappa shape index (κ1) is 16.8. The second kappa shape index (κ2) is 6.83. The summed E-state index contributed by atoms with van der Waals surface area (Å²) in [4.78, 5) is 22.3. The zero-order valence-corrected chi connectivity index (χ0v) is 13.0. The number of aromatic amines is 1. The van der Waals surface area contributed by atoms with Gasteiger partial charge in [0.15, 0.2) is 17.4 Å². The van der Waals surface area contributed by atoms with E-state index < -0.39 is 30.1 Å². The average Bonchev–Trinajstić information content (AvgIpc) is 3.09. The minimum absolute atomic E-state index is 0.0663. The standard InChI is InChI=1S/C13H19N5O6/c1-22-2-3-23-9-8(20)6(4-19)24-12(9)18-5-15-7-10(18)16-13(14)17-11(7)21/h5-6,8-9,12,19-20H,2-4H2,1H3,(H3,14,16,17,21)/t6-,8+,9-,12-/m1/s1. The van der Waals surface area contributed by atoms with Crippen molar-refractivity contribution < 1.29 is 24.4 Å². The van der Waals surface area contributed by atoms with E-state index >= 15 is 0 Å². The third-order valence-electron chi connectivity index (χ3n) is 3.82. The molecule has 1 aliphatic rings. The molecule has 0 radical (unpaired) electrons. The molecule has 11 heteroatoms. The lowest BCUT2D eigenvalue weighted by molar-refractivity contribution is -0.0785. The first-order valence-corrected chi connectivity index (χ1v) is 7.34. The summed E-state index contributed by atoms with van der Waals surface area (Å²) < 4.78 is 17.7. The lowest BCUT2D eigenvalue weighted by atomic mass is 10.1. The summed E-state index contributed by atoms with van der Waals surface area (Å²) in [6.45, 7) is 0.166. The molecule has 0 aromatic carbocycles. The summed E-state index contributed by atoms with van der Waals surface area (Å²) in [5, 5.41) is 19.7. The molecule has 5 N–H and O–H groups in total. The number of nitrogen functional groups attached to an aromatic ring is 1. The summed E-state index contributed by atoms with van der Waals surface area (Å²) in [7, 11) is 1.53. The highest BCUT2D eigenvalue weighted by atomic mass is 16.6. The Kier molecular flexibility index (Phi) is 4.78. The van der Waals surface area contributed by atoms with E-state index in [0.717, 1.165) is 0 Å². The Morgan fingerprint density at radius 1 is 1.50 bits per heavy atom. The number of aliphatic hydroxyl groups excluding tert-OH is 2. The largest absolute Gasteiger partial charge is 0.394 e. The molecule has 11 nitrogen and oxygen atoms in total. The number of methoxy groups -OCH3 is 1. The molecule has 0 saturated carbocycles. The van der Waals surface area contributed by atoms with Crippen molar-refractivity contribution in [1.82, 2.24) is 19.5 Å². The Hall–Kier alpha value is -2.05. The van der Waals surface area contributed by atoms with Gasteiger partial charge in [-0.2, -0.15) is 4.98 Å². The zero-order chi connectivity index (χ0) is 17.3. The predicted octanol–water partition coefficient (Wildman–Crippen LogP) is -2.02. The molecule has 3 heterocycles. The number of rotatable bonds is 6. The summed E-state index contributed by atoms with van der Waals surface area (Å²) in [6.07, 6.45) is -2.16. The third kappa shape index (κ3) is 2.87. The Balaban J connectivity index is 1.97. The van der Waals surface area contributed by atoms with E-state index in [4.69, 9.17) is 19.9 Å². The van der Waals surface area contributed by atoms with E-state index in [-0.39, 0.29) is 30.3 Å². The van der Waals surface area contributed by atoms with Gasteiger partial charge < -0.3 is 30.2 Å². The Labute approximate surface area is 136 Å². The molecular weight excluding hydrogens is 322 g/mol. The van der Waals surface area contributed by atoms with E-state index in [0.29, 0.717) is 6.61 Å². The van der Waals surface area contributed by atoms with Crippen LogP contribution in [0.5, 0.6) is 0 Å². The van der Waals surface area contributed by atoms with Crippen LogP contribution in [0.3, 0.4) is 0 Å². The van der Waals surface area contributed by atoms with Crippen molar-refractivity contribution in [3.05, 3.63) is 16.7 Å². The Morgan fingerprint density at radius 2 is 2.29 bits per heavy atom. The number of ether oxygens (including phenoxy) is 3. The second-order valence-corrected chi connectivity index (χ2v) is 5.34. The molecule has 0 bridgehead atoms. The van der Waals surface area contributed by atoms with Gasteiger partial charge >= 0.3 is 0 Å². The number of hydrogen-bond donors (Lipinski definition) is 4. The number of imidazole rings is 1. The number of hydrogen-bond acceptors (Lipinski definition) is 9. The molecule has 0 aliphatic carbocycles. The van der Waals surface area contributed by atoms with Gasteiger partial charge in [0, 0.05) is 7.11 Å². The lowest BCUT2D eigenvalue weighted by Gasteiger charge is -2.21. The fraction of sp³-hybridized carbons (Fsp3) is 0.615. The van der Waals surface area contributed by atoms with E-state index in [1.165, 1.54) is 18.0 Å². The molecule has 2 aromatic heterocycles. The highest BCUT2D eigenvalue weighted by Crippen LogP contribution is 2.33. The number of fused-ring (bicyclic) bond motifs is 1. The van der Waals surface area contributed by atoms with Gasteiger partial charge in [-0.05, 0) is 0 Å². The molecule has 1 fully saturated rings. The normalized spacial score (nSPS) is 27.1. The molecule has 0 amide bonds. The molecule has 24 heavy (non-hydrogen) atoms. The van der Waals surface area contributed by atoms with Crippen molar-refractivity contribution in [3.63, 3.8) is 0 Å². The van der Waals surface area contributed by atoms with Crippen LogP contribution in [0.1, 0.15) is 6.23 Å². The molecule has 0 unspecified atom stereocenters. The Bertz CT molecular complexity index is 761. The maximum atomic E-state index is 11.9. The van der Waals surface area contributed by atoms with Gasteiger partial charge in [0.1, 0.15) is 18.3 Å². The summed E-state index contributed by atoms with van der Waals surface area (Å²) in [5.41, 5.74) is 5.39. The van der Waals surface area contributed by atoms with E-state index in [2.05, 4.69) is 15.0 Å². The van der Waals surface area contributed by atoms with Gasteiger partial charge in [0.25, 0.3) is 5.56 Å². The van der Waals surface area contributed by atoms with Crippen LogP contribution in [0.25, 0.3) is 11.2 Å². The van der Waals surface area contributed by atoms with Crippen molar-refractivity contribution in [1.29, 1.82) is 0 Å². The van der Waals surface area contributed by atoms with Crippen molar-refractivity contribution in [3.8, 4) is 0 Å². The number of aromatic nitrogens is 4. The molecule has 132 valence electrons. The fourth-order valence-electron chi connectivity index (χ4n) is 2.67. The van der Waals surface area contributed by atoms with Crippen LogP contribution < -0.4 is 11.3 Å². The van der Waals surface area contributed by atoms with Gasteiger partial charge in [0.2, 0.25) is 5.95 Å². The SMILES string of the molecule is COCCO[C@@H]1[C@@H](O)[C@@H](CO)O[C@H]1n1cnc2c(=O)[nH]c(N)nc21. The highest BCUT2D eigenvalue weighted by molar-refractivity contribution is 5.70. The number of nitrogens with one attached hydrogen (secondary N) is 1. The maximum Gasteiger partial charge on any atom is 0.280 e. The van der Waals surface area contributed by atoms with Crippen LogP contribution in [0.4, 0.5) is 5.95 Å². The van der Waals surface area contributed by atoms with Gasteiger partial charge in [-0.3, -0.25) is 14.3 Å². The summed E-state index contributed by atoms with van der Waals surface area (Å²) >= 11 is 0. The zero-order valence-electron chi connectivity index (χ0n) is 13.0. The number of anilines is 1. The van der Waals surface area contributed by atoms with Crippen LogP contribution in [0, 0.1) is 0 Å². The van der Waals surface area contributed by atoms with Gasteiger partial charge in [0.05, 0.1) is 26.1 Å². The van der Waals surface area contributed by atoms with Crippen LogP contribution in [0.2, 0.25) is 0 Å². The summed E-state index contributed by atoms with van der Waals surface area (Å²) in [5.74, 6) is -0.0663. The molecule has 3 rings (SSSR count). The van der Waals surface area contributed by atoms with Crippen molar-refractivity contribution in [2.75, 3.05) is 32.7 Å². The lowest BCUT2D eigenvalue weighted by Crippen LogP contribution is -2.36. The van der Waals surface area contributed by atoms with E-state index in [1.807, 2.05) is 0 Å². The number of H-pyrrole nitrogens is 1. The van der Waals surface area contributed by atoms with E-state index in [9.17, 15) is 15.0 Å². The first-order valence-electron chi connectivity index (χ1n) is 7.34. The predicted molar refractivity (Wildman–Crippen MR) is 81.2 cm³/mol. The van der Waals surface area contributed by atoms with Gasteiger partial charge in [-0.25, -0.2) is 4.98 Å². The minimum atomic E-state index is -1.06. The topological polar surface area (TPSA) is 158 Å². The molecular formula is C13H19N5O6. The van der Waals surface area contributed by atoms with E-state index in [1.54, 1.807) is 0 Å². The first-order chi connectivity index (χ1) is 11.6. The molecule has 0 spiro atoms. The second-order valence-electron chi connectivity index (χ2n) is 5.34. The highest BCUT2D eigenvalue weighted by Gasteiger charge is 2.45. The van der Waals surface area contributed by atoms with Crippen LogP contribution >= 0.6 is 0 Å². The summed E-state index contributed by atoms with van der Waals surface area (Å²) in [6, 6.07) is 0. The van der Waals surface area contributed by atoms with Gasteiger partial charge in [-0.15, -0.1) is 0 Å². The van der Waals surface area contributed by atoms with Crippen molar-refractivity contribution in [2.24, 2.45) is 0 Å². The van der Waals surface area contributed by atoms with Crippen molar-refractivity contribution >= 4 is 17.1 Å². The van der Waals surface area contributed by atoms with Crippen LogP contribution in [0.15, 0.2) is 11.1 Å². The molecule has 1 saturated heterocycles. The molecule has 4 atom stereocenters. The smallest absolute Gasteiger partial charge is 0.280 e. The number of nitrogens with zero attached hydrogens (tertiary/aromatic N) is 3. The quantitative estimate of drug-likeness (QED) is 0.435. The molecule has 2 aromatic rings. The third-order valence-corrected chi connectivity index (χ3v) is 3.82. The number of aliphatic hydroxyl groups is 2. The Morgan fingerprint density at radius 3 is 3.00 bits per heavy atom. The maximum absolute atomic E-state index is 11.9. The van der Waals surface area contributed by atoms with Crippen molar-refractivity contribution in [2.45, 2.75) is 24.5 Å². The minimum Gasteiger partial charge on any atom is -0.394 e. The number of nitrogens with two attached hydrogens (primary N) is 1. The average molecular weight is 341 g/mol. The fourth-order valence-corrected chi connectivity index (χ4v) is 2.67.